The van der Waals surface area contributed by atoms with Crippen LogP contribution in [-0.4, -0.2) is 15.7 Å². The summed E-state index contributed by atoms with van der Waals surface area (Å²) in [4.78, 5) is 11.8. The zero-order valence-electron chi connectivity index (χ0n) is 10.7. The molecule has 2 rings (SSSR count). The topological polar surface area (TPSA) is 34.1 Å². The third-order valence-corrected chi connectivity index (χ3v) is 4.12. The summed E-state index contributed by atoms with van der Waals surface area (Å²) in [6.45, 7) is 1.89. The van der Waals surface area contributed by atoms with E-state index in [1.807, 2.05) is 6.92 Å². The van der Waals surface area contributed by atoms with Crippen LogP contribution in [0.15, 0.2) is 47.4 Å². The minimum absolute atomic E-state index is 0.160. The summed E-state index contributed by atoms with van der Waals surface area (Å²) >= 11 is 0. The zero-order valence-corrected chi connectivity index (χ0v) is 11.5. The van der Waals surface area contributed by atoms with Crippen LogP contribution < -0.4 is 0 Å². The molecule has 2 aromatic carbocycles. The van der Waals surface area contributed by atoms with Crippen molar-refractivity contribution >= 4 is 16.6 Å². The summed E-state index contributed by atoms with van der Waals surface area (Å²) in [5.41, 5.74) is 1.43. The van der Waals surface area contributed by atoms with Gasteiger partial charge in [-0.25, -0.2) is 8.78 Å². The molecule has 1 unspecified atom stereocenters. The Labute approximate surface area is 117 Å². The van der Waals surface area contributed by atoms with Crippen LogP contribution in [0.1, 0.15) is 15.9 Å². The first-order valence-corrected chi connectivity index (χ1v) is 7.22. The summed E-state index contributed by atoms with van der Waals surface area (Å²) in [5, 5.41) is 0. The number of rotatable bonds is 4. The SMILES string of the molecule is Cc1ccc(C(=O)CS(=O)c2ccc(F)cc2F)cc1. The van der Waals surface area contributed by atoms with Crippen LogP contribution in [0, 0.1) is 18.6 Å². The first-order valence-electron chi connectivity index (χ1n) is 5.90. The quantitative estimate of drug-likeness (QED) is 0.811. The van der Waals surface area contributed by atoms with Crippen molar-refractivity contribution in [3.8, 4) is 0 Å². The van der Waals surface area contributed by atoms with Crippen LogP contribution in [0.5, 0.6) is 0 Å². The fraction of sp³-hybridized carbons (Fsp3) is 0.133. The van der Waals surface area contributed by atoms with E-state index in [-0.39, 0.29) is 16.4 Å². The molecular weight excluding hydrogens is 282 g/mol. The number of aryl methyl sites for hydroxylation is 1. The molecule has 1 atom stereocenters. The van der Waals surface area contributed by atoms with E-state index in [0.29, 0.717) is 11.6 Å². The van der Waals surface area contributed by atoms with Crippen LogP contribution in [0.4, 0.5) is 8.78 Å². The highest BCUT2D eigenvalue weighted by Gasteiger charge is 2.16. The van der Waals surface area contributed by atoms with Crippen LogP contribution in [-0.2, 0) is 10.8 Å². The van der Waals surface area contributed by atoms with Gasteiger partial charge < -0.3 is 0 Å². The molecule has 0 aromatic heterocycles. The molecular formula is C15H12F2O2S. The lowest BCUT2D eigenvalue weighted by molar-refractivity contribution is 0.102. The lowest BCUT2D eigenvalue weighted by Gasteiger charge is -2.04. The van der Waals surface area contributed by atoms with Crippen molar-refractivity contribution in [1.82, 2.24) is 0 Å². The van der Waals surface area contributed by atoms with Crippen molar-refractivity contribution in [3.05, 3.63) is 65.2 Å². The molecule has 0 spiro atoms. The average Bonchev–Trinajstić information content (AvgIpc) is 2.39. The Morgan fingerprint density at radius 1 is 1.10 bits per heavy atom. The van der Waals surface area contributed by atoms with Gasteiger partial charge in [0.15, 0.2) is 5.78 Å². The lowest BCUT2D eigenvalue weighted by Crippen LogP contribution is -2.12. The number of benzene rings is 2. The maximum atomic E-state index is 13.5. The highest BCUT2D eigenvalue weighted by atomic mass is 32.2. The molecule has 0 aliphatic heterocycles. The summed E-state index contributed by atoms with van der Waals surface area (Å²) in [6.07, 6.45) is 0. The van der Waals surface area contributed by atoms with Crippen molar-refractivity contribution in [2.24, 2.45) is 0 Å². The van der Waals surface area contributed by atoms with Crippen LogP contribution >= 0.6 is 0 Å². The molecule has 0 bridgehead atoms. The second-order valence-corrected chi connectivity index (χ2v) is 5.77. The summed E-state index contributed by atoms with van der Waals surface area (Å²) < 4.78 is 38.2. The van der Waals surface area contributed by atoms with Gasteiger partial charge in [0.05, 0.1) is 21.4 Å². The van der Waals surface area contributed by atoms with Crippen molar-refractivity contribution < 1.29 is 17.8 Å². The van der Waals surface area contributed by atoms with Crippen LogP contribution in [0.2, 0.25) is 0 Å². The number of hydrogen-bond acceptors (Lipinski definition) is 2. The number of halogens is 2. The molecule has 0 saturated heterocycles. The Morgan fingerprint density at radius 2 is 1.75 bits per heavy atom. The molecule has 20 heavy (non-hydrogen) atoms. The average molecular weight is 294 g/mol. The van der Waals surface area contributed by atoms with Crippen molar-refractivity contribution in [2.75, 3.05) is 5.75 Å². The fourth-order valence-electron chi connectivity index (χ4n) is 1.68. The summed E-state index contributed by atoms with van der Waals surface area (Å²) in [6, 6.07) is 9.59. The molecule has 0 aliphatic carbocycles. The van der Waals surface area contributed by atoms with Gasteiger partial charge in [-0.15, -0.1) is 0 Å². The van der Waals surface area contributed by atoms with E-state index >= 15 is 0 Å². The van der Waals surface area contributed by atoms with E-state index in [2.05, 4.69) is 0 Å². The minimum Gasteiger partial charge on any atom is -0.293 e. The largest absolute Gasteiger partial charge is 0.293 e. The van der Waals surface area contributed by atoms with Gasteiger partial charge in [0.1, 0.15) is 11.6 Å². The predicted octanol–water partition coefficient (Wildman–Crippen LogP) is 3.26. The van der Waals surface area contributed by atoms with Crippen molar-refractivity contribution in [3.63, 3.8) is 0 Å². The third-order valence-electron chi connectivity index (χ3n) is 2.77. The second-order valence-electron chi connectivity index (χ2n) is 4.35. The standard InChI is InChI=1S/C15H12F2O2S/c1-10-2-4-11(5-3-10)14(18)9-20(19)15-7-6-12(16)8-13(15)17/h2-8H,9H2,1H3. The molecule has 0 amide bonds. The monoisotopic (exact) mass is 294 g/mol. The Bertz CT molecular complexity index is 666. The molecule has 2 nitrogen and oxygen atoms in total. The number of ketones is 1. The van der Waals surface area contributed by atoms with Gasteiger partial charge in [-0.3, -0.25) is 9.00 Å². The summed E-state index contributed by atoms with van der Waals surface area (Å²) in [7, 11) is -1.83. The molecule has 0 fully saturated rings. The van der Waals surface area contributed by atoms with Gasteiger partial charge in [-0.1, -0.05) is 29.8 Å². The number of carbonyl (C=O) groups is 1. The molecule has 0 saturated carbocycles. The lowest BCUT2D eigenvalue weighted by atomic mass is 10.1. The second kappa shape index (κ2) is 6.05. The van der Waals surface area contributed by atoms with Crippen molar-refractivity contribution in [2.45, 2.75) is 11.8 Å². The van der Waals surface area contributed by atoms with E-state index in [0.717, 1.165) is 17.7 Å². The minimum atomic E-state index is -1.83. The zero-order chi connectivity index (χ0) is 14.7. The maximum Gasteiger partial charge on any atom is 0.175 e. The first kappa shape index (κ1) is 14.5. The normalized spacial score (nSPS) is 12.2. The van der Waals surface area contributed by atoms with E-state index < -0.39 is 22.4 Å². The number of hydrogen-bond donors (Lipinski definition) is 0. The van der Waals surface area contributed by atoms with Gasteiger partial charge >= 0.3 is 0 Å². The van der Waals surface area contributed by atoms with E-state index in [1.165, 1.54) is 0 Å². The van der Waals surface area contributed by atoms with E-state index in [4.69, 9.17) is 0 Å². The van der Waals surface area contributed by atoms with Gasteiger partial charge in [-0.05, 0) is 19.1 Å². The number of Topliss-reactive ketones (excluding diaryl/α,β-unsaturated/α-hetero) is 1. The molecule has 0 aliphatic rings. The fourth-order valence-corrected chi connectivity index (χ4v) is 2.74. The van der Waals surface area contributed by atoms with Crippen molar-refractivity contribution in [1.29, 1.82) is 0 Å². The van der Waals surface area contributed by atoms with Gasteiger partial charge in [0, 0.05) is 11.6 Å². The smallest absolute Gasteiger partial charge is 0.175 e. The highest BCUT2D eigenvalue weighted by Crippen LogP contribution is 2.15. The van der Waals surface area contributed by atoms with Crippen LogP contribution in [0.3, 0.4) is 0 Å². The molecule has 5 heteroatoms. The Hall–Kier alpha value is -1.88. The van der Waals surface area contributed by atoms with Gasteiger partial charge in [0.2, 0.25) is 0 Å². The highest BCUT2D eigenvalue weighted by molar-refractivity contribution is 7.85. The first-order chi connectivity index (χ1) is 9.47. The molecule has 104 valence electrons. The molecule has 2 aromatic rings. The molecule has 0 N–H and O–H groups in total. The van der Waals surface area contributed by atoms with E-state index in [9.17, 15) is 17.8 Å². The molecule has 0 heterocycles. The number of carbonyl (C=O) groups excluding carboxylic acids is 1. The predicted molar refractivity (Wildman–Crippen MR) is 73.1 cm³/mol. The summed E-state index contributed by atoms with van der Waals surface area (Å²) in [5.74, 6) is -2.31. The third kappa shape index (κ3) is 3.36. The van der Waals surface area contributed by atoms with Crippen LogP contribution in [0.25, 0.3) is 0 Å². The van der Waals surface area contributed by atoms with E-state index in [1.54, 1.807) is 24.3 Å². The Balaban J connectivity index is 2.15. The maximum absolute atomic E-state index is 13.5. The Morgan fingerprint density at radius 3 is 2.35 bits per heavy atom. The molecule has 0 radical (unpaired) electrons. The van der Waals surface area contributed by atoms with Gasteiger partial charge in [-0.2, -0.15) is 0 Å². The Kier molecular flexibility index (Phi) is 4.39. The van der Waals surface area contributed by atoms with Gasteiger partial charge in [0.25, 0.3) is 0 Å².